The highest BCUT2D eigenvalue weighted by atomic mass is 19.4. The molecule has 0 unspecified atom stereocenters. The minimum Gasteiger partial charge on any atom is -0.388 e. The Kier molecular flexibility index (Phi) is 3.66. The molecule has 0 aromatic carbocycles. The van der Waals surface area contributed by atoms with Gasteiger partial charge in [0.2, 0.25) is 5.95 Å². The summed E-state index contributed by atoms with van der Waals surface area (Å²) < 4.78 is 37.7. The summed E-state index contributed by atoms with van der Waals surface area (Å²) in [7, 11) is 1.59. The highest BCUT2D eigenvalue weighted by molar-refractivity contribution is 5.30. The highest BCUT2D eigenvalue weighted by Crippen LogP contribution is 2.31. The fourth-order valence-electron chi connectivity index (χ4n) is 2.39. The number of nitrogens with zero attached hydrogens (tertiary/aromatic N) is 3. The van der Waals surface area contributed by atoms with Gasteiger partial charge in [0.15, 0.2) is 0 Å². The number of aromatic nitrogens is 2. The van der Waals surface area contributed by atoms with Crippen molar-refractivity contribution in [3.63, 3.8) is 0 Å². The molecule has 0 aliphatic heterocycles. The van der Waals surface area contributed by atoms with Gasteiger partial charge < -0.3 is 10.0 Å². The van der Waals surface area contributed by atoms with Gasteiger partial charge in [-0.15, -0.1) is 0 Å². The van der Waals surface area contributed by atoms with Crippen LogP contribution in [0.15, 0.2) is 12.3 Å². The van der Waals surface area contributed by atoms with Crippen LogP contribution in [0.25, 0.3) is 0 Å². The summed E-state index contributed by atoms with van der Waals surface area (Å²) in [6.45, 7) is 0.244. The first-order chi connectivity index (χ1) is 8.80. The molecule has 1 aromatic heterocycles. The van der Waals surface area contributed by atoms with E-state index in [1.54, 1.807) is 7.05 Å². The normalized spacial score (nSPS) is 18.6. The van der Waals surface area contributed by atoms with Crippen LogP contribution in [-0.4, -0.2) is 34.3 Å². The molecular formula is C12H16F3N3O. The first kappa shape index (κ1) is 14.0. The number of anilines is 1. The van der Waals surface area contributed by atoms with Crippen LogP contribution in [0.5, 0.6) is 0 Å². The standard InChI is InChI=1S/C12H16F3N3O/c1-18(8-11(19)5-2-3-6-11)10-16-7-4-9(17-10)12(13,14)15/h4,7,19H,2-3,5-6,8H2,1H3. The van der Waals surface area contributed by atoms with Gasteiger partial charge in [-0.1, -0.05) is 12.8 Å². The lowest BCUT2D eigenvalue weighted by molar-refractivity contribution is -0.141. The number of halogens is 3. The Morgan fingerprint density at radius 3 is 2.58 bits per heavy atom. The van der Waals surface area contributed by atoms with Crippen molar-refractivity contribution in [2.45, 2.75) is 37.5 Å². The number of likely N-dealkylation sites (N-methyl/N-ethyl adjacent to an activating group) is 1. The second kappa shape index (κ2) is 4.96. The summed E-state index contributed by atoms with van der Waals surface area (Å²) in [5.41, 5.74) is -1.81. The number of hydrogen-bond donors (Lipinski definition) is 1. The molecule has 1 aromatic rings. The van der Waals surface area contributed by atoms with Crippen molar-refractivity contribution in [1.82, 2.24) is 9.97 Å². The molecule has 2 rings (SSSR count). The van der Waals surface area contributed by atoms with Crippen molar-refractivity contribution in [2.24, 2.45) is 0 Å². The third-order valence-corrected chi connectivity index (χ3v) is 3.34. The lowest BCUT2D eigenvalue weighted by Crippen LogP contribution is -2.40. The average Bonchev–Trinajstić information content (AvgIpc) is 2.75. The SMILES string of the molecule is CN(CC1(O)CCCC1)c1nccc(C(F)(F)F)n1. The Bertz CT molecular complexity index is 444. The van der Waals surface area contributed by atoms with Crippen LogP contribution in [0.1, 0.15) is 31.4 Å². The quantitative estimate of drug-likeness (QED) is 0.919. The van der Waals surface area contributed by atoms with E-state index in [9.17, 15) is 18.3 Å². The zero-order valence-corrected chi connectivity index (χ0v) is 10.6. The molecule has 1 aliphatic rings. The third kappa shape index (κ3) is 3.34. The number of alkyl halides is 3. The molecule has 0 amide bonds. The van der Waals surface area contributed by atoms with Crippen molar-refractivity contribution in [1.29, 1.82) is 0 Å². The minimum absolute atomic E-state index is 0.0184. The second-order valence-corrected chi connectivity index (χ2v) is 5.03. The lowest BCUT2D eigenvalue weighted by atomic mass is 10.0. The van der Waals surface area contributed by atoms with E-state index in [1.165, 1.54) is 4.90 Å². The molecule has 1 fully saturated rings. The molecule has 0 atom stereocenters. The molecule has 4 nitrogen and oxygen atoms in total. The monoisotopic (exact) mass is 275 g/mol. The maximum Gasteiger partial charge on any atom is 0.433 e. The van der Waals surface area contributed by atoms with E-state index in [1.807, 2.05) is 0 Å². The summed E-state index contributed by atoms with van der Waals surface area (Å²) >= 11 is 0. The lowest BCUT2D eigenvalue weighted by Gasteiger charge is -2.28. The van der Waals surface area contributed by atoms with E-state index < -0.39 is 17.5 Å². The van der Waals surface area contributed by atoms with Crippen LogP contribution in [0.3, 0.4) is 0 Å². The van der Waals surface area contributed by atoms with E-state index in [0.29, 0.717) is 12.8 Å². The van der Waals surface area contributed by atoms with Crippen LogP contribution in [0, 0.1) is 0 Å². The minimum atomic E-state index is -4.48. The molecule has 0 spiro atoms. The van der Waals surface area contributed by atoms with Crippen LogP contribution >= 0.6 is 0 Å². The molecule has 1 N–H and O–H groups in total. The van der Waals surface area contributed by atoms with Gasteiger partial charge in [-0.3, -0.25) is 0 Å². The molecule has 0 bridgehead atoms. The number of rotatable bonds is 3. The maximum absolute atomic E-state index is 12.6. The molecule has 1 heterocycles. The molecule has 106 valence electrons. The Morgan fingerprint density at radius 2 is 2.00 bits per heavy atom. The molecule has 1 aliphatic carbocycles. The summed E-state index contributed by atoms with van der Waals surface area (Å²) in [4.78, 5) is 8.80. The van der Waals surface area contributed by atoms with Crippen molar-refractivity contribution in [2.75, 3.05) is 18.5 Å². The van der Waals surface area contributed by atoms with E-state index in [2.05, 4.69) is 9.97 Å². The summed E-state index contributed by atoms with van der Waals surface area (Å²) in [6.07, 6.45) is -0.197. The van der Waals surface area contributed by atoms with Crippen LogP contribution in [0.2, 0.25) is 0 Å². The van der Waals surface area contributed by atoms with E-state index in [0.717, 1.165) is 25.1 Å². The van der Waals surface area contributed by atoms with Gasteiger partial charge in [0.05, 0.1) is 5.60 Å². The van der Waals surface area contributed by atoms with Gasteiger partial charge in [-0.05, 0) is 18.9 Å². The highest BCUT2D eigenvalue weighted by Gasteiger charge is 2.35. The van der Waals surface area contributed by atoms with Gasteiger partial charge in [0.25, 0.3) is 0 Å². The Morgan fingerprint density at radius 1 is 1.37 bits per heavy atom. The predicted molar refractivity (Wildman–Crippen MR) is 63.7 cm³/mol. The van der Waals surface area contributed by atoms with E-state index >= 15 is 0 Å². The van der Waals surface area contributed by atoms with Crippen molar-refractivity contribution < 1.29 is 18.3 Å². The topological polar surface area (TPSA) is 49.2 Å². The first-order valence-corrected chi connectivity index (χ1v) is 6.14. The zero-order valence-electron chi connectivity index (χ0n) is 10.6. The summed E-state index contributed by atoms with van der Waals surface area (Å²) in [5, 5.41) is 10.2. The van der Waals surface area contributed by atoms with Crippen molar-refractivity contribution in [3.8, 4) is 0 Å². The fourth-order valence-corrected chi connectivity index (χ4v) is 2.39. The molecule has 0 radical (unpaired) electrons. The number of hydrogen-bond acceptors (Lipinski definition) is 4. The largest absolute Gasteiger partial charge is 0.433 e. The predicted octanol–water partition coefficient (Wildman–Crippen LogP) is 2.24. The van der Waals surface area contributed by atoms with Crippen molar-refractivity contribution in [3.05, 3.63) is 18.0 Å². The van der Waals surface area contributed by atoms with Crippen molar-refractivity contribution >= 4 is 5.95 Å². The Balaban J connectivity index is 2.13. The zero-order chi connectivity index (χ0) is 14.1. The molecule has 0 saturated heterocycles. The number of aliphatic hydroxyl groups is 1. The van der Waals surface area contributed by atoms with E-state index in [4.69, 9.17) is 0 Å². The molecular weight excluding hydrogens is 259 g/mol. The third-order valence-electron chi connectivity index (χ3n) is 3.34. The fraction of sp³-hybridized carbons (Fsp3) is 0.667. The van der Waals surface area contributed by atoms with Gasteiger partial charge in [0.1, 0.15) is 5.69 Å². The average molecular weight is 275 g/mol. The van der Waals surface area contributed by atoms with Gasteiger partial charge >= 0.3 is 6.18 Å². The smallest absolute Gasteiger partial charge is 0.388 e. The first-order valence-electron chi connectivity index (χ1n) is 6.14. The Hall–Kier alpha value is -1.37. The maximum atomic E-state index is 12.6. The van der Waals surface area contributed by atoms with Gasteiger partial charge in [0, 0.05) is 19.8 Å². The summed E-state index contributed by atoms with van der Waals surface area (Å²) in [5.74, 6) is -0.0184. The van der Waals surface area contributed by atoms with Gasteiger partial charge in [-0.2, -0.15) is 13.2 Å². The van der Waals surface area contributed by atoms with Gasteiger partial charge in [-0.25, -0.2) is 9.97 Å². The summed E-state index contributed by atoms with van der Waals surface area (Å²) in [6, 6.07) is 0.835. The molecule has 19 heavy (non-hydrogen) atoms. The molecule has 1 saturated carbocycles. The van der Waals surface area contributed by atoms with E-state index in [-0.39, 0.29) is 12.5 Å². The van der Waals surface area contributed by atoms with Crippen LogP contribution in [-0.2, 0) is 6.18 Å². The Labute approximate surface area is 109 Å². The van der Waals surface area contributed by atoms with Crippen LogP contribution in [0.4, 0.5) is 19.1 Å². The molecule has 7 heteroatoms. The van der Waals surface area contributed by atoms with Crippen LogP contribution < -0.4 is 4.90 Å². The second-order valence-electron chi connectivity index (χ2n) is 5.03.